The zero-order valence-electron chi connectivity index (χ0n) is 14.0. The second-order valence-corrected chi connectivity index (χ2v) is 6.35. The predicted octanol–water partition coefficient (Wildman–Crippen LogP) is 2.31. The molecule has 6 nitrogen and oxygen atoms in total. The molecule has 0 saturated carbocycles. The van der Waals surface area contributed by atoms with Crippen molar-refractivity contribution in [1.82, 2.24) is 0 Å². The van der Waals surface area contributed by atoms with Crippen molar-refractivity contribution in [3.05, 3.63) is 35.9 Å². The van der Waals surface area contributed by atoms with Crippen LogP contribution in [0.4, 0.5) is 0 Å². The minimum absolute atomic E-state index is 0.0345. The van der Waals surface area contributed by atoms with Crippen molar-refractivity contribution in [1.29, 1.82) is 0 Å². The first kappa shape index (κ1) is 19.1. The van der Waals surface area contributed by atoms with Crippen LogP contribution >= 0.6 is 0 Å². The SMILES string of the molecule is CC[C@@](C(=O)O)(C(=O)OC(C)(C)C)C(N)OCc1ccccc1. The molecular formula is C17H25NO5. The number of carboxylic acid groups (broad SMARTS) is 1. The molecule has 0 spiro atoms. The first-order chi connectivity index (χ1) is 10.6. The van der Waals surface area contributed by atoms with E-state index in [0.29, 0.717) is 0 Å². The van der Waals surface area contributed by atoms with E-state index in [-0.39, 0.29) is 13.0 Å². The summed E-state index contributed by atoms with van der Waals surface area (Å²) in [5.41, 5.74) is 4.01. The van der Waals surface area contributed by atoms with Gasteiger partial charge in [-0.15, -0.1) is 0 Å². The lowest BCUT2D eigenvalue weighted by Crippen LogP contribution is -2.55. The Hall–Kier alpha value is -1.92. The average Bonchev–Trinajstić information content (AvgIpc) is 2.45. The Kier molecular flexibility index (Phi) is 6.29. The standard InChI is InChI=1S/C17H25NO5/c1-5-17(14(19)20,15(21)23-16(2,3)4)13(18)22-11-12-9-7-6-8-10-12/h6-10,13H,5,11,18H2,1-4H3,(H,19,20)/t13?,17-/m1/s1. The quantitative estimate of drug-likeness (QED) is 0.454. The summed E-state index contributed by atoms with van der Waals surface area (Å²) in [5.74, 6) is -2.24. The van der Waals surface area contributed by atoms with Gasteiger partial charge >= 0.3 is 11.9 Å². The Bertz CT molecular complexity index is 538. The van der Waals surface area contributed by atoms with Crippen LogP contribution in [-0.4, -0.2) is 28.9 Å². The fourth-order valence-electron chi connectivity index (χ4n) is 2.09. The van der Waals surface area contributed by atoms with Gasteiger partial charge in [0, 0.05) is 0 Å². The number of carboxylic acids is 1. The second kappa shape index (κ2) is 7.57. The maximum atomic E-state index is 12.4. The maximum absolute atomic E-state index is 12.4. The van der Waals surface area contributed by atoms with Gasteiger partial charge in [-0.1, -0.05) is 37.3 Å². The van der Waals surface area contributed by atoms with Crippen molar-refractivity contribution in [3.8, 4) is 0 Å². The van der Waals surface area contributed by atoms with E-state index in [1.165, 1.54) is 0 Å². The fourth-order valence-corrected chi connectivity index (χ4v) is 2.09. The molecule has 6 heteroatoms. The van der Waals surface area contributed by atoms with Gasteiger partial charge in [-0.3, -0.25) is 9.59 Å². The molecule has 0 aliphatic heterocycles. The third-order valence-corrected chi connectivity index (χ3v) is 3.46. The van der Waals surface area contributed by atoms with Crippen molar-refractivity contribution in [3.63, 3.8) is 0 Å². The van der Waals surface area contributed by atoms with E-state index >= 15 is 0 Å². The summed E-state index contributed by atoms with van der Waals surface area (Å²) >= 11 is 0. The van der Waals surface area contributed by atoms with Crippen LogP contribution in [-0.2, 0) is 25.7 Å². The number of nitrogens with two attached hydrogens (primary N) is 1. The first-order valence-electron chi connectivity index (χ1n) is 7.51. The van der Waals surface area contributed by atoms with Gasteiger partial charge in [-0.25, -0.2) is 0 Å². The number of carbonyl (C=O) groups excluding carboxylic acids is 1. The molecule has 23 heavy (non-hydrogen) atoms. The molecule has 0 radical (unpaired) electrons. The molecule has 0 saturated heterocycles. The normalized spacial score (nSPS) is 15.5. The van der Waals surface area contributed by atoms with Crippen molar-refractivity contribution in [2.45, 2.75) is 52.6 Å². The fraction of sp³-hybridized carbons (Fsp3) is 0.529. The molecule has 0 amide bonds. The molecule has 128 valence electrons. The van der Waals surface area contributed by atoms with Gasteiger partial charge in [-0.05, 0) is 32.8 Å². The smallest absolute Gasteiger partial charge is 0.328 e. The molecule has 0 fully saturated rings. The molecule has 0 aliphatic rings. The van der Waals surface area contributed by atoms with Crippen molar-refractivity contribution in [2.24, 2.45) is 11.1 Å². The third-order valence-electron chi connectivity index (χ3n) is 3.46. The maximum Gasteiger partial charge on any atom is 0.328 e. The van der Waals surface area contributed by atoms with Crippen LogP contribution in [0.3, 0.4) is 0 Å². The van der Waals surface area contributed by atoms with Gasteiger partial charge < -0.3 is 20.3 Å². The summed E-state index contributed by atoms with van der Waals surface area (Å²) in [6.07, 6.45) is -1.35. The lowest BCUT2D eigenvalue weighted by Gasteiger charge is -2.34. The zero-order valence-corrected chi connectivity index (χ0v) is 14.0. The summed E-state index contributed by atoms with van der Waals surface area (Å²) in [7, 11) is 0. The molecule has 1 rings (SSSR count). The topological polar surface area (TPSA) is 98.8 Å². The van der Waals surface area contributed by atoms with Crippen LogP contribution in [0.2, 0.25) is 0 Å². The Balaban J connectivity index is 2.95. The van der Waals surface area contributed by atoms with Crippen molar-refractivity contribution < 1.29 is 24.2 Å². The molecular weight excluding hydrogens is 298 g/mol. The number of rotatable bonds is 7. The summed E-state index contributed by atoms with van der Waals surface area (Å²) in [6, 6.07) is 9.19. The predicted molar refractivity (Wildman–Crippen MR) is 85.4 cm³/mol. The van der Waals surface area contributed by atoms with Crippen LogP contribution in [0.25, 0.3) is 0 Å². The van der Waals surface area contributed by atoms with Gasteiger partial charge in [0.15, 0.2) is 0 Å². The number of aliphatic carboxylic acids is 1. The van der Waals surface area contributed by atoms with Gasteiger partial charge in [0.25, 0.3) is 0 Å². The van der Waals surface area contributed by atoms with E-state index in [1.807, 2.05) is 30.3 Å². The van der Waals surface area contributed by atoms with Gasteiger partial charge in [-0.2, -0.15) is 0 Å². The van der Waals surface area contributed by atoms with Crippen LogP contribution in [0.5, 0.6) is 0 Å². The molecule has 2 atom stereocenters. The van der Waals surface area contributed by atoms with E-state index in [4.69, 9.17) is 15.2 Å². The van der Waals surface area contributed by atoms with Crippen molar-refractivity contribution >= 4 is 11.9 Å². The van der Waals surface area contributed by atoms with Crippen LogP contribution in [0, 0.1) is 5.41 Å². The summed E-state index contributed by atoms with van der Waals surface area (Å²) < 4.78 is 10.7. The largest absolute Gasteiger partial charge is 0.480 e. The highest BCUT2D eigenvalue weighted by Crippen LogP contribution is 2.31. The summed E-state index contributed by atoms with van der Waals surface area (Å²) in [5, 5.41) is 9.60. The Morgan fingerprint density at radius 2 is 1.78 bits per heavy atom. The average molecular weight is 323 g/mol. The van der Waals surface area contributed by atoms with Gasteiger partial charge in [0.2, 0.25) is 5.41 Å². The van der Waals surface area contributed by atoms with Crippen LogP contribution in [0.15, 0.2) is 30.3 Å². The minimum Gasteiger partial charge on any atom is -0.480 e. The monoisotopic (exact) mass is 323 g/mol. The number of ether oxygens (including phenoxy) is 2. The Labute approximate surface area is 136 Å². The highest BCUT2D eigenvalue weighted by atomic mass is 16.6. The summed E-state index contributed by atoms with van der Waals surface area (Å²) in [6.45, 7) is 6.69. The van der Waals surface area contributed by atoms with Crippen LogP contribution in [0.1, 0.15) is 39.7 Å². The van der Waals surface area contributed by atoms with Gasteiger partial charge in [0.05, 0.1) is 6.61 Å². The number of benzene rings is 1. The molecule has 0 heterocycles. The summed E-state index contributed by atoms with van der Waals surface area (Å²) in [4.78, 5) is 24.2. The van der Waals surface area contributed by atoms with E-state index < -0.39 is 29.2 Å². The number of carbonyl (C=O) groups is 2. The van der Waals surface area contributed by atoms with E-state index in [2.05, 4.69) is 0 Å². The molecule has 0 bridgehead atoms. The number of hydrogen-bond donors (Lipinski definition) is 2. The lowest BCUT2D eigenvalue weighted by molar-refractivity contribution is -0.190. The highest BCUT2D eigenvalue weighted by Gasteiger charge is 2.53. The zero-order chi connectivity index (χ0) is 17.7. The second-order valence-electron chi connectivity index (χ2n) is 6.35. The molecule has 1 aromatic carbocycles. The third kappa shape index (κ3) is 4.77. The molecule has 0 aliphatic carbocycles. The van der Waals surface area contributed by atoms with Crippen molar-refractivity contribution in [2.75, 3.05) is 0 Å². The Morgan fingerprint density at radius 1 is 1.22 bits per heavy atom. The van der Waals surface area contributed by atoms with E-state index in [0.717, 1.165) is 5.56 Å². The van der Waals surface area contributed by atoms with E-state index in [1.54, 1.807) is 27.7 Å². The molecule has 0 aromatic heterocycles. The molecule has 1 unspecified atom stereocenters. The van der Waals surface area contributed by atoms with Gasteiger partial charge in [0.1, 0.15) is 11.8 Å². The van der Waals surface area contributed by atoms with E-state index in [9.17, 15) is 14.7 Å². The molecule has 3 N–H and O–H groups in total. The van der Waals surface area contributed by atoms with Crippen LogP contribution < -0.4 is 5.73 Å². The number of esters is 1. The lowest BCUT2D eigenvalue weighted by atomic mass is 9.83. The highest BCUT2D eigenvalue weighted by molar-refractivity contribution is 6.00. The minimum atomic E-state index is -1.94. The Morgan fingerprint density at radius 3 is 2.22 bits per heavy atom. The number of hydrogen-bond acceptors (Lipinski definition) is 5. The first-order valence-corrected chi connectivity index (χ1v) is 7.51. The molecule has 1 aromatic rings.